The van der Waals surface area contributed by atoms with E-state index in [-0.39, 0.29) is 41.9 Å². The van der Waals surface area contributed by atoms with E-state index in [4.69, 9.17) is 4.74 Å². The van der Waals surface area contributed by atoms with Crippen LogP contribution in [0.3, 0.4) is 0 Å². The van der Waals surface area contributed by atoms with Gasteiger partial charge in [-0.2, -0.15) is 0 Å². The summed E-state index contributed by atoms with van der Waals surface area (Å²) < 4.78 is 20.2. The van der Waals surface area contributed by atoms with Gasteiger partial charge >= 0.3 is 5.97 Å². The number of ether oxygens (including phenoxy) is 1. The van der Waals surface area contributed by atoms with Gasteiger partial charge in [0.05, 0.1) is 16.7 Å². The minimum absolute atomic E-state index is 0.0629. The molecule has 1 aliphatic heterocycles. The first-order valence-corrected chi connectivity index (χ1v) is 14.7. The summed E-state index contributed by atoms with van der Waals surface area (Å²) in [6, 6.07) is 12.2. The summed E-state index contributed by atoms with van der Waals surface area (Å²) in [4.78, 5) is 59.2. The summed E-state index contributed by atoms with van der Waals surface area (Å²) >= 11 is 0. The van der Waals surface area contributed by atoms with Crippen molar-refractivity contribution in [1.29, 1.82) is 0 Å². The van der Waals surface area contributed by atoms with E-state index < -0.39 is 23.2 Å². The van der Waals surface area contributed by atoms with Crippen molar-refractivity contribution in [2.24, 2.45) is 11.3 Å². The van der Waals surface area contributed by atoms with Crippen molar-refractivity contribution in [3.63, 3.8) is 0 Å². The molecule has 5 rings (SSSR count). The Hall–Kier alpha value is -4.60. The third-order valence-corrected chi connectivity index (χ3v) is 8.22. The van der Waals surface area contributed by atoms with Crippen LogP contribution in [0.25, 0.3) is 11.1 Å². The van der Waals surface area contributed by atoms with Crippen molar-refractivity contribution >= 4 is 29.4 Å². The van der Waals surface area contributed by atoms with Crippen LogP contribution in [0.15, 0.2) is 60.9 Å². The number of nitrogens with one attached hydrogen (secondary N) is 1. The SMILES string of the molecule is C[C@@H]1C(=O)N(C)c2cc(-c3ccncc3)ccc2C(=O)N1Cc1cc(F)cc(C(=O)NCC2CC(OC(=O)C(C)(C)C)C2)c1. The Labute approximate surface area is 256 Å². The van der Waals surface area contributed by atoms with Crippen molar-refractivity contribution in [2.45, 2.75) is 59.2 Å². The standard InChI is InChI=1S/C34H37FN4O5/c1-20-31(41)38(5)29-17-24(23-8-10-36-11-9-23)6-7-28(29)32(42)39(20)19-22-12-25(16-26(35)13-22)30(40)37-18-21-14-27(15-21)44-33(43)34(2,3)4/h6-13,16-17,20-21,27H,14-15,18-19H2,1-5H3,(H,37,40)/t20-,21?,27?/m1/s1. The fraction of sp³-hybridized carbons (Fsp3) is 0.382. The number of hydrogen-bond donors (Lipinski definition) is 1. The minimum atomic E-state index is -0.830. The lowest BCUT2D eigenvalue weighted by molar-refractivity contribution is -0.165. The molecule has 2 aliphatic rings. The monoisotopic (exact) mass is 600 g/mol. The van der Waals surface area contributed by atoms with Gasteiger partial charge in [0.25, 0.3) is 11.8 Å². The molecule has 1 atom stereocenters. The van der Waals surface area contributed by atoms with Crippen LogP contribution in [0.1, 0.15) is 66.8 Å². The predicted molar refractivity (Wildman–Crippen MR) is 163 cm³/mol. The quantitative estimate of drug-likeness (QED) is 0.383. The Kier molecular flexibility index (Phi) is 8.54. The van der Waals surface area contributed by atoms with Crippen LogP contribution in [0, 0.1) is 17.2 Å². The average Bonchev–Trinajstić information content (AvgIpc) is 3.03. The van der Waals surface area contributed by atoms with Gasteiger partial charge in [-0.05, 0) is 106 Å². The second-order valence-corrected chi connectivity index (χ2v) is 12.6. The van der Waals surface area contributed by atoms with Gasteiger partial charge in [0, 0.05) is 38.1 Å². The summed E-state index contributed by atoms with van der Waals surface area (Å²) in [7, 11) is 1.63. The summed E-state index contributed by atoms with van der Waals surface area (Å²) in [6.45, 7) is 7.36. The lowest BCUT2D eigenvalue weighted by atomic mass is 9.82. The number of fused-ring (bicyclic) bond motifs is 1. The molecule has 1 saturated carbocycles. The molecule has 1 aliphatic carbocycles. The number of benzene rings is 2. The van der Waals surface area contributed by atoms with E-state index in [0.29, 0.717) is 36.2 Å². The summed E-state index contributed by atoms with van der Waals surface area (Å²) in [5, 5.41) is 2.84. The van der Waals surface area contributed by atoms with E-state index in [1.54, 1.807) is 65.3 Å². The third kappa shape index (κ3) is 6.49. The summed E-state index contributed by atoms with van der Waals surface area (Å²) in [5.41, 5.74) is 2.51. The van der Waals surface area contributed by atoms with Crippen LogP contribution >= 0.6 is 0 Å². The van der Waals surface area contributed by atoms with Crippen LogP contribution in [-0.4, -0.2) is 59.3 Å². The molecule has 0 spiro atoms. The van der Waals surface area contributed by atoms with E-state index >= 15 is 0 Å². The first-order valence-electron chi connectivity index (χ1n) is 14.7. The number of carbonyl (C=O) groups excluding carboxylic acids is 4. The van der Waals surface area contributed by atoms with Crippen LogP contribution in [-0.2, 0) is 20.9 Å². The first kappa shape index (κ1) is 30.8. The fourth-order valence-corrected chi connectivity index (χ4v) is 5.46. The summed E-state index contributed by atoms with van der Waals surface area (Å²) in [6.07, 6.45) is 4.49. The van der Waals surface area contributed by atoms with Crippen LogP contribution < -0.4 is 10.2 Å². The zero-order chi connectivity index (χ0) is 31.8. The molecule has 2 aromatic carbocycles. The number of likely N-dealkylation sites (N-methyl/N-ethyl adjacent to an activating group) is 1. The molecule has 1 fully saturated rings. The fourth-order valence-electron chi connectivity index (χ4n) is 5.46. The highest BCUT2D eigenvalue weighted by Crippen LogP contribution is 2.33. The van der Waals surface area contributed by atoms with Crippen molar-refractivity contribution in [3.8, 4) is 11.1 Å². The highest BCUT2D eigenvalue weighted by atomic mass is 19.1. The maximum absolute atomic E-state index is 14.7. The van der Waals surface area contributed by atoms with Crippen molar-refractivity contribution in [1.82, 2.24) is 15.2 Å². The highest BCUT2D eigenvalue weighted by Gasteiger charge is 2.37. The Morgan fingerprint density at radius 1 is 1.02 bits per heavy atom. The number of carbonyl (C=O) groups is 4. The molecule has 0 saturated heterocycles. The molecular weight excluding hydrogens is 563 g/mol. The average molecular weight is 601 g/mol. The second-order valence-electron chi connectivity index (χ2n) is 12.6. The molecule has 1 N–H and O–H groups in total. The van der Waals surface area contributed by atoms with E-state index in [1.807, 2.05) is 18.2 Å². The molecule has 10 heteroatoms. The molecule has 0 radical (unpaired) electrons. The molecule has 0 bridgehead atoms. The molecule has 3 amide bonds. The van der Waals surface area contributed by atoms with E-state index in [0.717, 1.165) is 17.2 Å². The van der Waals surface area contributed by atoms with Crippen molar-refractivity contribution in [3.05, 3.63) is 83.4 Å². The molecule has 3 aromatic rings. The molecular formula is C34H37FN4O5. The number of halogens is 1. The molecule has 1 aromatic heterocycles. The largest absolute Gasteiger partial charge is 0.462 e. The number of rotatable bonds is 7. The Morgan fingerprint density at radius 3 is 2.41 bits per heavy atom. The van der Waals surface area contributed by atoms with E-state index in [2.05, 4.69) is 10.3 Å². The number of aromatic nitrogens is 1. The Bertz CT molecular complexity index is 1600. The zero-order valence-corrected chi connectivity index (χ0v) is 25.6. The van der Waals surface area contributed by atoms with Gasteiger partial charge in [-0.3, -0.25) is 24.2 Å². The smallest absolute Gasteiger partial charge is 0.311 e. The van der Waals surface area contributed by atoms with Crippen LogP contribution in [0.2, 0.25) is 0 Å². The predicted octanol–water partition coefficient (Wildman–Crippen LogP) is 4.99. The Balaban J connectivity index is 1.28. The molecule has 44 heavy (non-hydrogen) atoms. The van der Waals surface area contributed by atoms with Crippen LogP contribution in [0.5, 0.6) is 0 Å². The lowest BCUT2D eigenvalue weighted by Gasteiger charge is -2.36. The van der Waals surface area contributed by atoms with Gasteiger partial charge in [-0.15, -0.1) is 0 Å². The van der Waals surface area contributed by atoms with Gasteiger partial charge < -0.3 is 19.9 Å². The molecule has 0 unspecified atom stereocenters. The van der Waals surface area contributed by atoms with Crippen molar-refractivity contribution in [2.75, 3.05) is 18.5 Å². The minimum Gasteiger partial charge on any atom is -0.462 e. The Morgan fingerprint density at radius 2 is 1.73 bits per heavy atom. The maximum atomic E-state index is 14.7. The van der Waals surface area contributed by atoms with Gasteiger partial charge in [-0.25, -0.2) is 4.39 Å². The number of nitrogens with zero attached hydrogens (tertiary/aromatic N) is 3. The zero-order valence-electron chi connectivity index (χ0n) is 25.6. The van der Waals surface area contributed by atoms with Gasteiger partial charge in [-0.1, -0.05) is 6.07 Å². The maximum Gasteiger partial charge on any atom is 0.311 e. The van der Waals surface area contributed by atoms with Crippen LogP contribution in [0.4, 0.5) is 10.1 Å². The summed E-state index contributed by atoms with van der Waals surface area (Å²) in [5.74, 6) is -1.81. The van der Waals surface area contributed by atoms with E-state index in [1.165, 1.54) is 15.9 Å². The first-order chi connectivity index (χ1) is 20.8. The lowest BCUT2D eigenvalue weighted by Crippen LogP contribution is -2.45. The van der Waals surface area contributed by atoms with Crippen molar-refractivity contribution < 1.29 is 28.3 Å². The highest BCUT2D eigenvalue weighted by molar-refractivity contribution is 6.11. The molecule has 2 heterocycles. The number of amides is 3. The molecule has 230 valence electrons. The van der Waals surface area contributed by atoms with Gasteiger partial charge in [0.15, 0.2) is 0 Å². The topological polar surface area (TPSA) is 109 Å². The number of pyridine rings is 1. The molecule has 9 nitrogen and oxygen atoms in total. The third-order valence-electron chi connectivity index (χ3n) is 8.22. The second kappa shape index (κ2) is 12.2. The van der Waals surface area contributed by atoms with E-state index in [9.17, 15) is 23.6 Å². The van der Waals surface area contributed by atoms with Gasteiger partial charge in [0.1, 0.15) is 18.0 Å². The van der Waals surface area contributed by atoms with Gasteiger partial charge in [0.2, 0.25) is 5.91 Å². The normalized spacial score (nSPS) is 20.0. The number of esters is 1. The number of anilines is 1. The number of hydrogen-bond acceptors (Lipinski definition) is 6.